The molecule has 2 aliphatic heterocycles. The molecule has 2 fully saturated rings. The molecule has 0 saturated carbocycles. The smallest absolute Gasteiger partial charge is 0.184 e. The van der Waals surface area contributed by atoms with Crippen molar-refractivity contribution in [2.75, 3.05) is 13.2 Å². The highest BCUT2D eigenvalue weighted by atomic mass is 16.7. The highest BCUT2D eigenvalue weighted by molar-refractivity contribution is 5.18. The molecule has 0 radical (unpaired) electrons. The third kappa shape index (κ3) is 3.66. The highest BCUT2D eigenvalue weighted by Crippen LogP contribution is 2.34. The standard InChI is InChI=1S/C20H22O6/c21-15-11-23-19(13-7-3-1-4-8-13)25-17(15)18-16(22)12-24-20(26-18)14-9-5-2-6-10-14/h1-10,15-22H,11-12H2/t15-,16-,17-,18-,19-,20+/m1/s1. The largest absolute Gasteiger partial charge is 0.388 e. The minimum atomic E-state index is -0.899. The van der Waals surface area contributed by atoms with E-state index in [0.29, 0.717) is 0 Å². The molecule has 4 rings (SSSR count). The maximum Gasteiger partial charge on any atom is 0.184 e. The molecule has 0 amide bonds. The number of aliphatic hydroxyl groups excluding tert-OH is 2. The van der Waals surface area contributed by atoms with Crippen molar-refractivity contribution in [1.29, 1.82) is 0 Å². The molecule has 2 aromatic rings. The van der Waals surface area contributed by atoms with Gasteiger partial charge in [0.15, 0.2) is 12.6 Å². The summed E-state index contributed by atoms with van der Waals surface area (Å²) >= 11 is 0. The molecule has 0 aromatic heterocycles. The Morgan fingerprint density at radius 2 is 1.00 bits per heavy atom. The van der Waals surface area contributed by atoms with Gasteiger partial charge >= 0.3 is 0 Å². The van der Waals surface area contributed by atoms with Crippen LogP contribution in [0.25, 0.3) is 0 Å². The molecule has 0 aliphatic carbocycles. The number of benzene rings is 2. The fourth-order valence-corrected chi connectivity index (χ4v) is 3.27. The van der Waals surface area contributed by atoms with E-state index >= 15 is 0 Å². The lowest BCUT2D eigenvalue weighted by molar-refractivity contribution is -0.331. The van der Waals surface area contributed by atoms with Gasteiger partial charge in [-0.2, -0.15) is 0 Å². The molecule has 6 atom stereocenters. The van der Waals surface area contributed by atoms with Crippen LogP contribution in [0.15, 0.2) is 60.7 Å². The van der Waals surface area contributed by atoms with Gasteiger partial charge in [-0.15, -0.1) is 0 Å². The van der Waals surface area contributed by atoms with E-state index in [2.05, 4.69) is 0 Å². The molecule has 0 unspecified atom stereocenters. The van der Waals surface area contributed by atoms with E-state index in [1.165, 1.54) is 0 Å². The summed E-state index contributed by atoms with van der Waals surface area (Å²) in [5.74, 6) is 0. The predicted molar refractivity (Wildman–Crippen MR) is 92.0 cm³/mol. The van der Waals surface area contributed by atoms with Crippen LogP contribution in [0.3, 0.4) is 0 Å². The quantitative estimate of drug-likeness (QED) is 0.873. The molecule has 0 spiro atoms. The number of ether oxygens (including phenoxy) is 4. The van der Waals surface area contributed by atoms with E-state index in [1.807, 2.05) is 60.7 Å². The van der Waals surface area contributed by atoms with E-state index < -0.39 is 37.0 Å². The van der Waals surface area contributed by atoms with Crippen molar-refractivity contribution in [2.45, 2.75) is 37.0 Å². The molecule has 26 heavy (non-hydrogen) atoms. The lowest BCUT2D eigenvalue weighted by Crippen LogP contribution is -2.55. The number of rotatable bonds is 3. The zero-order valence-electron chi connectivity index (χ0n) is 14.2. The zero-order valence-corrected chi connectivity index (χ0v) is 14.2. The third-order valence-electron chi connectivity index (χ3n) is 4.62. The SMILES string of the molecule is O[C@@H]1CO[C@@H](c2ccccc2)O[C@H]1[C@@H]1O[C@@H](c2ccccc2)OC[C@H]1O. The molecule has 2 heterocycles. The summed E-state index contributed by atoms with van der Waals surface area (Å²) in [6, 6.07) is 19.0. The molecular weight excluding hydrogens is 336 g/mol. The van der Waals surface area contributed by atoms with Gasteiger partial charge in [-0.25, -0.2) is 0 Å². The van der Waals surface area contributed by atoms with E-state index in [4.69, 9.17) is 18.9 Å². The first-order valence-electron chi connectivity index (χ1n) is 8.72. The summed E-state index contributed by atoms with van der Waals surface area (Å²) < 4.78 is 23.1. The minimum absolute atomic E-state index is 0.105. The molecule has 2 saturated heterocycles. The Morgan fingerprint density at radius 1 is 0.615 bits per heavy atom. The van der Waals surface area contributed by atoms with Crippen molar-refractivity contribution >= 4 is 0 Å². The Kier molecular flexibility index (Phi) is 5.31. The predicted octanol–water partition coefficient (Wildman–Crippen LogP) is 1.94. The van der Waals surface area contributed by atoms with Crippen LogP contribution < -0.4 is 0 Å². The highest BCUT2D eigenvalue weighted by Gasteiger charge is 2.44. The molecule has 2 aliphatic rings. The summed E-state index contributed by atoms with van der Waals surface area (Å²) in [4.78, 5) is 0. The van der Waals surface area contributed by atoms with Gasteiger partial charge in [0.1, 0.15) is 24.4 Å². The topological polar surface area (TPSA) is 77.4 Å². The van der Waals surface area contributed by atoms with Gasteiger partial charge < -0.3 is 29.2 Å². The Labute approximate surface area is 151 Å². The first-order valence-corrected chi connectivity index (χ1v) is 8.72. The Balaban J connectivity index is 1.51. The van der Waals surface area contributed by atoms with Crippen LogP contribution in [-0.2, 0) is 18.9 Å². The van der Waals surface area contributed by atoms with Crippen LogP contribution in [0.5, 0.6) is 0 Å². The van der Waals surface area contributed by atoms with Crippen LogP contribution in [0.4, 0.5) is 0 Å². The van der Waals surface area contributed by atoms with Gasteiger partial charge in [-0.1, -0.05) is 60.7 Å². The van der Waals surface area contributed by atoms with Gasteiger partial charge in [0.05, 0.1) is 13.2 Å². The first kappa shape index (κ1) is 17.6. The maximum absolute atomic E-state index is 10.4. The molecule has 138 valence electrons. The summed E-state index contributed by atoms with van der Waals surface area (Å²) in [5.41, 5.74) is 1.70. The second-order valence-electron chi connectivity index (χ2n) is 6.49. The van der Waals surface area contributed by atoms with Crippen molar-refractivity contribution in [1.82, 2.24) is 0 Å². The number of aliphatic hydroxyl groups is 2. The summed E-state index contributed by atoms with van der Waals surface area (Å²) in [6.45, 7) is 0.210. The monoisotopic (exact) mass is 358 g/mol. The van der Waals surface area contributed by atoms with E-state index in [-0.39, 0.29) is 13.2 Å². The fraction of sp³-hybridized carbons (Fsp3) is 0.400. The van der Waals surface area contributed by atoms with E-state index in [9.17, 15) is 10.2 Å². The van der Waals surface area contributed by atoms with Gasteiger partial charge in [0.2, 0.25) is 0 Å². The maximum atomic E-state index is 10.4. The van der Waals surface area contributed by atoms with Crippen LogP contribution in [0.1, 0.15) is 23.7 Å². The van der Waals surface area contributed by atoms with Gasteiger partial charge in [-0.05, 0) is 0 Å². The lowest BCUT2D eigenvalue weighted by atomic mass is 10.0. The summed E-state index contributed by atoms with van der Waals surface area (Å²) in [6.07, 6.45) is -4.47. The average molecular weight is 358 g/mol. The molecule has 2 aromatic carbocycles. The van der Waals surface area contributed by atoms with Crippen LogP contribution in [0, 0.1) is 0 Å². The minimum Gasteiger partial charge on any atom is -0.388 e. The second-order valence-corrected chi connectivity index (χ2v) is 6.49. The van der Waals surface area contributed by atoms with E-state index in [1.54, 1.807) is 0 Å². The average Bonchev–Trinajstić information content (AvgIpc) is 2.70. The Morgan fingerprint density at radius 3 is 1.38 bits per heavy atom. The molecular formula is C20H22O6. The van der Waals surface area contributed by atoms with Crippen molar-refractivity contribution in [3.05, 3.63) is 71.8 Å². The van der Waals surface area contributed by atoms with Crippen molar-refractivity contribution in [3.63, 3.8) is 0 Å². The van der Waals surface area contributed by atoms with Gasteiger partial charge in [0.25, 0.3) is 0 Å². The summed E-state index contributed by atoms with van der Waals surface area (Å²) in [5, 5.41) is 20.8. The van der Waals surface area contributed by atoms with Crippen LogP contribution in [0.2, 0.25) is 0 Å². The first-order chi connectivity index (χ1) is 12.7. The number of hydrogen-bond donors (Lipinski definition) is 2. The third-order valence-corrected chi connectivity index (χ3v) is 4.62. The fourth-order valence-electron chi connectivity index (χ4n) is 3.27. The van der Waals surface area contributed by atoms with Crippen molar-refractivity contribution in [2.24, 2.45) is 0 Å². The molecule has 0 bridgehead atoms. The van der Waals surface area contributed by atoms with E-state index in [0.717, 1.165) is 11.1 Å². The van der Waals surface area contributed by atoms with Crippen molar-refractivity contribution in [3.8, 4) is 0 Å². The molecule has 6 heteroatoms. The Hall–Kier alpha value is -1.80. The zero-order chi connectivity index (χ0) is 17.9. The van der Waals surface area contributed by atoms with Crippen molar-refractivity contribution < 1.29 is 29.2 Å². The second kappa shape index (κ2) is 7.84. The molecule has 2 N–H and O–H groups in total. The molecule has 6 nitrogen and oxygen atoms in total. The summed E-state index contributed by atoms with van der Waals surface area (Å²) in [7, 11) is 0. The normalized spacial score (nSPS) is 35.2. The van der Waals surface area contributed by atoms with Crippen LogP contribution in [-0.4, -0.2) is 47.8 Å². The van der Waals surface area contributed by atoms with Crippen LogP contribution >= 0.6 is 0 Å². The van der Waals surface area contributed by atoms with Gasteiger partial charge in [-0.3, -0.25) is 0 Å². The lowest BCUT2D eigenvalue weighted by Gasteiger charge is -2.43. The van der Waals surface area contributed by atoms with Gasteiger partial charge in [0, 0.05) is 11.1 Å². The Bertz CT molecular complexity index is 632. The number of hydrogen-bond acceptors (Lipinski definition) is 6.